The average molecular weight is 495 g/mol. The van der Waals surface area contributed by atoms with E-state index in [9.17, 15) is 9.59 Å². The van der Waals surface area contributed by atoms with Crippen LogP contribution in [0.3, 0.4) is 0 Å². The van der Waals surface area contributed by atoms with E-state index in [1.165, 1.54) is 0 Å². The van der Waals surface area contributed by atoms with Gasteiger partial charge >= 0.3 is 6.09 Å². The Bertz CT molecular complexity index is 1490. The van der Waals surface area contributed by atoms with Gasteiger partial charge < -0.3 is 19.4 Å². The molecule has 1 fully saturated rings. The number of nitrogens with one attached hydrogen (secondary N) is 1. The van der Waals surface area contributed by atoms with Gasteiger partial charge in [-0.1, -0.05) is 44.2 Å². The molecule has 1 aliphatic rings. The Balaban J connectivity index is 1.22. The van der Waals surface area contributed by atoms with E-state index in [0.29, 0.717) is 41.3 Å². The van der Waals surface area contributed by atoms with E-state index in [2.05, 4.69) is 15.1 Å². The molecule has 8 heteroatoms. The number of rotatable bonds is 7. The molecule has 0 radical (unpaired) electrons. The number of fused-ring (bicyclic) bond motifs is 1. The summed E-state index contributed by atoms with van der Waals surface area (Å²) in [5, 5.41) is 2.85. The van der Waals surface area contributed by atoms with E-state index in [4.69, 9.17) is 15.7 Å². The van der Waals surface area contributed by atoms with Crippen LogP contribution in [-0.4, -0.2) is 41.1 Å². The smallest absolute Gasteiger partial charge is 0.410 e. The van der Waals surface area contributed by atoms with Crippen LogP contribution in [0.15, 0.2) is 71.1 Å². The van der Waals surface area contributed by atoms with Gasteiger partial charge in [0.25, 0.3) is 5.91 Å². The molecule has 1 N–H and O–H groups in total. The minimum atomic E-state index is -0.408. The molecule has 37 heavy (non-hydrogen) atoms. The van der Waals surface area contributed by atoms with Crippen LogP contribution in [0, 0.1) is 6.57 Å². The maximum atomic E-state index is 12.7. The van der Waals surface area contributed by atoms with E-state index < -0.39 is 6.10 Å². The lowest BCUT2D eigenvalue weighted by molar-refractivity contribution is 0.0914. The molecule has 1 aromatic heterocycles. The standard InChI is InChI=1S/C29H26N4O4/c1-18(2)24-13-22(30-3)14-25-26(24)37-28(32-25)21-11-9-20(10-12-21)27(34)31-15-23-17-33(29(35)36-23)16-19-7-5-4-6-8-19/h4-14,18,23H,15-17H2,1-2H3,(H,31,34)/t23-/m1/s1. The van der Waals surface area contributed by atoms with E-state index in [0.717, 1.165) is 16.7 Å². The predicted octanol–water partition coefficient (Wildman–Crippen LogP) is 5.92. The SMILES string of the molecule is [C-]#[N+]c1cc(C(C)C)c2oc(-c3ccc(C(=O)NC[C@@H]4CN(Cc5ccccc5)C(=O)O4)cc3)nc2c1. The van der Waals surface area contributed by atoms with Crippen molar-refractivity contribution in [2.24, 2.45) is 0 Å². The molecule has 186 valence electrons. The number of ether oxygens (including phenoxy) is 1. The van der Waals surface area contributed by atoms with E-state index >= 15 is 0 Å². The third kappa shape index (κ3) is 5.16. The van der Waals surface area contributed by atoms with Gasteiger partial charge in [0.05, 0.1) is 25.2 Å². The molecule has 3 aromatic carbocycles. The minimum absolute atomic E-state index is 0.181. The number of hydrogen-bond donors (Lipinski definition) is 1. The minimum Gasteiger partial charge on any atom is -0.442 e. The molecule has 8 nitrogen and oxygen atoms in total. The molecule has 1 aliphatic heterocycles. The van der Waals surface area contributed by atoms with Crippen molar-refractivity contribution in [1.29, 1.82) is 0 Å². The maximum absolute atomic E-state index is 12.7. The van der Waals surface area contributed by atoms with Gasteiger partial charge in [-0.2, -0.15) is 0 Å². The van der Waals surface area contributed by atoms with Crippen molar-refractivity contribution in [2.75, 3.05) is 13.1 Å². The third-order valence-corrected chi connectivity index (χ3v) is 6.30. The zero-order chi connectivity index (χ0) is 25.9. The summed E-state index contributed by atoms with van der Waals surface area (Å²) in [4.78, 5) is 34.7. The van der Waals surface area contributed by atoms with Gasteiger partial charge in [-0.3, -0.25) is 4.79 Å². The molecule has 2 heterocycles. The van der Waals surface area contributed by atoms with Gasteiger partial charge in [-0.25, -0.2) is 14.6 Å². The molecule has 0 spiro atoms. The second-order valence-corrected chi connectivity index (χ2v) is 9.33. The number of cyclic esters (lactones) is 1. The number of carbonyl (C=O) groups excluding carboxylic acids is 2. The van der Waals surface area contributed by atoms with Crippen LogP contribution in [0.2, 0.25) is 0 Å². The Morgan fingerprint density at radius 3 is 2.62 bits per heavy atom. The lowest BCUT2D eigenvalue weighted by Gasteiger charge is -2.13. The first-order valence-corrected chi connectivity index (χ1v) is 12.1. The van der Waals surface area contributed by atoms with Crippen LogP contribution >= 0.6 is 0 Å². The Kier molecular flexibility index (Phi) is 6.60. The molecule has 4 aromatic rings. The molecular weight excluding hydrogens is 468 g/mol. The zero-order valence-corrected chi connectivity index (χ0v) is 20.6. The normalized spacial score (nSPS) is 15.1. The zero-order valence-electron chi connectivity index (χ0n) is 20.6. The van der Waals surface area contributed by atoms with E-state index in [1.54, 1.807) is 35.2 Å². The first-order chi connectivity index (χ1) is 17.9. The summed E-state index contributed by atoms with van der Waals surface area (Å²) in [5.74, 6) is 0.355. The number of aromatic nitrogens is 1. The molecule has 1 atom stereocenters. The van der Waals surface area contributed by atoms with Crippen molar-refractivity contribution >= 4 is 28.8 Å². The van der Waals surface area contributed by atoms with E-state index in [1.807, 2.05) is 50.2 Å². The first kappa shape index (κ1) is 24.1. The van der Waals surface area contributed by atoms with Gasteiger partial charge in [0, 0.05) is 17.7 Å². The van der Waals surface area contributed by atoms with Crippen molar-refractivity contribution in [2.45, 2.75) is 32.4 Å². The predicted molar refractivity (Wildman–Crippen MR) is 139 cm³/mol. The fraction of sp³-hybridized carbons (Fsp3) is 0.241. The van der Waals surface area contributed by atoms with Crippen molar-refractivity contribution in [3.63, 3.8) is 0 Å². The van der Waals surface area contributed by atoms with Crippen molar-refractivity contribution in [3.05, 3.63) is 94.8 Å². The van der Waals surface area contributed by atoms with Gasteiger partial charge in [-0.05, 0) is 53.4 Å². The number of hydrogen-bond acceptors (Lipinski definition) is 5. The van der Waals surface area contributed by atoms with Crippen molar-refractivity contribution in [3.8, 4) is 11.5 Å². The van der Waals surface area contributed by atoms with Crippen LogP contribution in [0.25, 0.3) is 27.4 Å². The van der Waals surface area contributed by atoms with Crippen LogP contribution < -0.4 is 5.32 Å². The number of nitrogens with zero attached hydrogens (tertiary/aromatic N) is 3. The Hall–Kier alpha value is -4.64. The number of oxazole rings is 1. The number of carbonyl (C=O) groups is 2. The lowest BCUT2D eigenvalue weighted by Crippen LogP contribution is -2.34. The molecule has 0 bridgehead atoms. The summed E-state index contributed by atoms with van der Waals surface area (Å²) in [6.07, 6.45) is -0.787. The van der Waals surface area contributed by atoms with Gasteiger partial charge in [0.1, 0.15) is 6.10 Å². The largest absolute Gasteiger partial charge is 0.442 e. The summed E-state index contributed by atoms with van der Waals surface area (Å²) in [6.45, 7) is 12.6. The Morgan fingerprint density at radius 1 is 1.16 bits per heavy atom. The molecule has 0 aliphatic carbocycles. The summed E-state index contributed by atoms with van der Waals surface area (Å²) < 4.78 is 11.5. The van der Waals surface area contributed by atoms with Crippen molar-refractivity contribution < 1.29 is 18.7 Å². The topological polar surface area (TPSA) is 89.0 Å². The highest BCUT2D eigenvalue weighted by molar-refractivity contribution is 5.94. The lowest BCUT2D eigenvalue weighted by atomic mass is 10.0. The van der Waals surface area contributed by atoms with Gasteiger partial charge in [-0.15, -0.1) is 0 Å². The third-order valence-electron chi connectivity index (χ3n) is 6.30. The molecule has 2 amide bonds. The van der Waals surface area contributed by atoms with E-state index in [-0.39, 0.29) is 24.5 Å². The molecule has 1 saturated heterocycles. The molecular formula is C29H26N4O4. The maximum Gasteiger partial charge on any atom is 0.410 e. The second-order valence-electron chi connectivity index (χ2n) is 9.33. The number of benzene rings is 3. The Morgan fingerprint density at radius 2 is 1.92 bits per heavy atom. The molecule has 5 rings (SSSR count). The summed E-state index contributed by atoms with van der Waals surface area (Å²) in [6, 6.07) is 20.2. The van der Waals surface area contributed by atoms with Crippen LogP contribution in [-0.2, 0) is 11.3 Å². The second kappa shape index (κ2) is 10.2. The first-order valence-electron chi connectivity index (χ1n) is 12.1. The highest BCUT2D eigenvalue weighted by atomic mass is 16.6. The summed E-state index contributed by atoms with van der Waals surface area (Å²) >= 11 is 0. The molecule has 0 unspecified atom stereocenters. The van der Waals surface area contributed by atoms with Gasteiger partial charge in [0.2, 0.25) is 5.89 Å². The van der Waals surface area contributed by atoms with Crippen LogP contribution in [0.4, 0.5) is 10.5 Å². The highest BCUT2D eigenvalue weighted by Crippen LogP contribution is 2.34. The Labute approximate surface area is 214 Å². The quantitative estimate of drug-likeness (QED) is 0.322. The fourth-order valence-corrected chi connectivity index (χ4v) is 4.35. The monoisotopic (exact) mass is 494 g/mol. The van der Waals surface area contributed by atoms with Crippen LogP contribution in [0.1, 0.15) is 41.3 Å². The fourth-order valence-electron chi connectivity index (χ4n) is 4.35. The summed E-state index contributed by atoms with van der Waals surface area (Å²) in [7, 11) is 0. The van der Waals surface area contributed by atoms with Crippen LogP contribution in [0.5, 0.6) is 0 Å². The number of amides is 2. The molecule has 0 saturated carbocycles. The van der Waals surface area contributed by atoms with Crippen molar-refractivity contribution in [1.82, 2.24) is 15.2 Å². The summed E-state index contributed by atoms with van der Waals surface area (Å²) in [5.41, 5.74) is 5.01. The average Bonchev–Trinajstić information content (AvgIpc) is 3.50. The highest BCUT2D eigenvalue weighted by Gasteiger charge is 2.31. The van der Waals surface area contributed by atoms with Gasteiger partial charge in [0.15, 0.2) is 11.3 Å².